The average Bonchev–Trinajstić information content (AvgIpc) is 2.94. The third-order valence-electron chi connectivity index (χ3n) is 8.48. The molecule has 0 amide bonds. The molecule has 0 bridgehead atoms. The lowest BCUT2D eigenvalue weighted by Gasteiger charge is -2.43. The van der Waals surface area contributed by atoms with Gasteiger partial charge in [0.15, 0.2) is 5.75 Å². The molecule has 0 saturated heterocycles. The lowest BCUT2D eigenvalue weighted by molar-refractivity contribution is -0.169. The van der Waals surface area contributed by atoms with Gasteiger partial charge in [0.25, 0.3) is 0 Å². The van der Waals surface area contributed by atoms with Gasteiger partial charge in [0.2, 0.25) is 0 Å². The zero-order valence-electron chi connectivity index (χ0n) is 27.1. The van der Waals surface area contributed by atoms with Crippen LogP contribution >= 0.6 is 6.12 Å². The van der Waals surface area contributed by atoms with Crippen molar-refractivity contribution in [3.05, 3.63) is 29.3 Å². The lowest BCUT2D eigenvalue weighted by Crippen LogP contribution is -2.12. The molecule has 0 saturated carbocycles. The van der Waals surface area contributed by atoms with Crippen LogP contribution in [-0.4, -0.2) is 0 Å². The minimum Gasteiger partial charge on any atom is -0.682 e. The fraction of sp³-hybridized carbons (Fsp3) is 0.833. The highest BCUT2D eigenvalue weighted by Gasteiger charge is 2.13. The molecule has 2 nitrogen and oxygen atoms in total. The van der Waals surface area contributed by atoms with Crippen LogP contribution < -0.4 is 9.42 Å². The number of hydrogen-bond donors (Lipinski definition) is 0. The van der Waals surface area contributed by atoms with Crippen LogP contribution in [0.25, 0.3) is 0 Å². The van der Waals surface area contributed by atoms with E-state index < -0.39 is 6.12 Å². The monoisotopic (exact) mass is 624 g/mol. The molecular weight excluding hydrogens is 560 g/mol. The van der Waals surface area contributed by atoms with Crippen LogP contribution in [0.3, 0.4) is 0 Å². The summed E-state index contributed by atoms with van der Waals surface area (Å²) in [4.78, 5) is 12.3. The number of benzene rings is 1. The first-order valence-corrected chi connectivity index (χ1v) is 21.5. The van der Waals surface area contributed by atoms with Crippen molar-refractivity contribution in [2.24, 2.45) is 0 Å². The molecule has 0 aromatic heterocycles. The molecule has 240 valence electrons. The molecule has 0 aliphatic heterocycles. The summed E-state index contributed by atoms with van der Waals surface area (Å²) in [6.07, 6.45) is 33.6. The fourth-order valence-electron chi connectivity index (χ4n) is 5.93. The molecular formula is C36H65O2PS2-2. The Balaban J connectivity index is 2.24. The van der Waals surface area contributed by atoms with Gasteiger partial charge in [-0.05, 0) is 36.8 Å². The number of hydrogen-bond acceptors (Lipinski definition) is 4. The van der Waals surface area contributed by atoms with Gasteiger partial charge in [-0.25, -0.2) is 0 Å². The van der Waals surface area contributed by atoms with Gasteiger partial charge in [-0.2, -0.15) is 0 Å². The topological polar surface area (TPSA) is 32.3 Å². The molecule has 0 aliphatic carbocycles. The zero-order valence-corrected chi connectivity index (χ0v) is 29.6. The van der Waals surface area contributed by atoms with E-state index in [9.17, 15) is 4.89 Å². The van der Waals surface area contributed by atoms with Crippen LogP contribution in [0, 0.1) is 0 Å². The van der Waals surface area contributed by atoms with Crippen LogP contribution in [0.5, 0.6) is 5.75 Å². The molecule has 0 atom stereocenters. The number of para-hydroxylation sites is 1. The Kier molecular flexibility index (Phi) is 26.4. The molecule has 1 aromatic carbocycles. The van der Waals surface area contributed by atoms with E-state index in [1.54, 1.807) is 0 Å². The van der Waals surface area contributed by atoms with Crippen molar-refractivity contribution in [3.63, 3.8) is 0 Å². The van der Waals surface area contributed by atoms with Gasteiger partial charge in [-0.1, -0.05) is 186 Å². The molecule has 0 fully saturated rings. The van der Waals surface area contributed by atoms with E-state index >= 15 is 0 Å². The molecule has 1 rings (SSSR count). The van der Waals surface area contributed by atoms with Crippen molar-refractivity contribution in [1.82, 2.24) is 0 Å². The van der Waals surface area contributed by atoms with E-state index in [1.165, 1.54) is 154 Å². The maximum Gasteiger partial charge on any atom is 0.174 e. The minimum atomic E-state index is -3.42. The minimum absolute atomic E-state index is 0.735. The van der Waals surface area contributed by atoms with E-state index in [-0.39, 0.29) is 0 Å². The van der Waals surface area contributed by atoms with E-state index in [2.05, 4.69) is 32.0 Å². The van der Waals surface area contributed by atoms with Gasteiger partial charge in [0.1, 0.15) is 0 Å². The fourth-order valence-corrected chi connectivity index (χ4v) is 6.83. The summed E-state index contributed by atoms with van der Waals surface area (Å²) in [5, 5.41) is 0. The Bertz CT molecular complexity index is 659. The van der Waals surface area contributed by atoms with Gasteiger partial charge in [0, 0.05) is 0 Å². The van der Waals surface area contributed by atoms with Crippen molar-refractivity contribution < 1.29 is 9.42 Å². The molecule has 0 N–H and O–H groups in total. The Hall–Kier alpha value is 0.110. The Morgan fingerprint density at radius 2 is 0.756 bits per heavy atom. The van der Waals surface area contributed by atoms with Crippen molar-refractivity contribution in [3.8, 4) is 5.75 Å². The Morgan fingerprint density at radius 3 is 1.02 bits per heavy atom. The van der Waals surface area contributed by atoms with Crippen molar-refractivity contribution in [2.45, 2.75) is 194 Å². The molecule has 5 heteroatoms. The second-order valence-electron chi connectivity index (χ2n) is 12.4. The molecule has 0 heterocycles. The van der Waals surface area contributed by atoms with Crippen LogP contribution in [0.1, 0.15) is 192 Å². The molecule has 0 radical (unpaired) electrons. The zero-order chi connectivity index (χ0) is 29.9. The van der Waals surface area contributed by atoms with Crippen molar-refractivity contribution >= 4 is 30.6 Å². The predicted molar refractivity (Wildman–Crippen MR) is 188 cm³/mol. The standard InChI is InChI=1S/C36H67O2PS2/c1-3-5-7-9-11-13-15-17-19-21-23-25-27-30-34-32-29-33-35(36(34)38-39(37,40)41)31-28-26-24-22-20-18-16-14-12-10-8-6-4-2/h29,32-33H,3-28,30-31H2,1-2H3,(H2,37,40,41)/p-2. The highest BCUT2D eigenvalue weighted by atomic mass is 33.1. The SMILES string of the molecule is CCCCCCCCCCCCCCCc1cccc(CCCCCCCCCCCCCCC)c1O[P+]([O-])([S-])[S-]. The van der Waals surface area contributed by atoms with Gasteiger partial charge < -0.3 is 33.9 Å². The first-order chi connectivity index (χ1) is 20.0. The summed E-state index contributed by atoms with van der Waals surface area (Å²) in [6, 6.07) is 6.35. The molecule has 0 aliphatic rings. The largest absolute Gasteiger partial charge is 0.682 e. The highest BCUT2D eigenvalue weighted by molar-refractivity contribution is 8.69. The Morgan fingerprint density at radius 1 is 0.488 bits per heavy atom. The average molecular weight is 625 g/mol. The lowest BCUT2D eigenvalue weighted by atomic mass is 9.98. The molecule has 0 spiro atoms. The van der Waals surface area contributed by atoms with Gasteiger partial charge >= 0.3 is 0 Å². The molecule has 0 unspecified atom stereocenters. The summed E-state index contributed by atoms with van der Waals surface area (Å²) in [6.45, 7) is 4.57. The quantitative estimate of drug-likeness (QED) is 0.0484. The number of rotatable bonds is 30. The maximum absolute atomic E-state index is 12.3. The van der Waals surface area contributed by atoms with Crippen molar-refractivity contribution in [1.29, 1.82) is 0 Å². The van der Waals surface area contributed by atoms with E-state index in [0.29, 0.717) is 0 Å². The van der Waals surface area contributed by atoms with Crippen LogP contribution in [0.2, 0.25) is 0 Å². The van der Waals surface area contributed by atoms with Crippen LogP contribution in [0.15, 0.2) is 18.2 Å². The maximum atomic E-state index is 12.3. The smallest absolute Gasteiger partial charge is 0.174 e. The van der Waals surface area contributed by atoms with Gasteiger partial charge in [-0.15, -0.1) is 6.12 Å². The van der Waals surface area contributed by atoms with Gasteiger partial charge in [-0.3, -0.25) is 0 Å². The van der Waals surface area contributed by atoms with Crippen LogP contribution in [0.4, 0.5) is 0 Å². The third kappa shape index (κ3) is 24.2. The third-order valence-corrected chi connectivity index (χ3v) is 9.33. The van der Waals surface area contributed by atoms with Crippen molar-refractivity contribution in [2.75, 3.05) is 0 Å². The highest BCUT2D eigenvalue weighted by Crippen LogP contribution is 2.48. The normalized spacial score (nSPS) is 11.8. The Labute approximate surface area is 267 Å². The second kappa shape index (κ2) is 27.6. The van der Waals surface area contributed by atoms with E-state index in [0.717, 1.165) is 42.6 Å². The second-order valence-corrected chi connectivity index (χ2v) is 17.1. The summed E-state index contributed by atoms with van der Waals surface area (Å²) in [7, 11) is 0. The summed E-state index contributed by atoms with van der Waals surface area (Å²) in [5.74, 6) is 0.735. The summed E-state index contributed by atoms with van der Waals surface area (Å²) >= 11 is 10.0. The number of unbranched alkanes of at least 4 members (excludes halogenated alkanes) is 24. The van der Waals surface area contributed by atoms with Gasteiger partial charge in [0.05, 0.1) is 0 Å². The predicted octanol–water partition coefficient (Wildman–Crippen LogP) is 12.5. The summed E-state index contributed by atoms with van der Waals surface area (Å²) < 4.78 is 5.78. The molecule has 41 heavy (non-hydrogen) atoms. The first kappa shape index (κ1) is 39.1. The van der Waals surface area contributed by atoms with E-state index in [4.69, 9.17) is 29.0 Å². The first-order valence-electron chi connectivity index (χ1n) is 17.8. The van der Waals surface area contributed by atoms with E-state index in [1.807, 2.05) is 0 Å². The number of aryl methyl sites for hydroxylation is 2. The summed E-state index contributed by atoms with van der Waals surface area (Å²) in [5.41, 5.74) is 2.27. The van der Waals surface area contributed by atoms with Crippen LogP contribution in [-0.2, 0) is 37.3 Å². The molecule has 1 aromatic rings.